The maximum atomic E-state index is 12.4. The number of methoxy groups -OCH3 is 1. The molecule has 142 valence electrons. The van der Waals surface area contributed by atoms with Gasteiger partial charge in [-0.2, -0.15) is 0 Å². The molecule has 0 unspecified atom stereocenters. The predicted octanol–water partition coefficient (Wildman–Crippen LogP) is 4.32. The highest BCUT2D eigenvalue weighted by molar-refractivity contribution is 7.14. The molecule has 0 aliphatic carbocycles. The Balaban J connectivity index is 1.41. The molecule has 4 rings (SSSR count). The van der Waals surface area contributed by atoms with Gasteiger partial charge >= 0.3 is 0 Å². The normalized spacial score (nSPS) is 11.0. The fourth-order valence-corrected chi connectivity index (χ4v) is 3.64. The van der Waals surface area contributed by atoms with E-state index in [0.29, 0.717) is 23.0 Å². The number of benzene rings is 2. The Bertz CT molecular complexity index is 1090. The van der Waals surface area contributed by atoms with E-state index in [4.69, 9.17) is 9.26 Å². The Morgan fingerprint density at radius 3 is 2.82 bits per heavy atom. The number of amides is 1. The van der Waals surface area contributed by atoms with E-state index in [1.54, 1.807) is 7.11 Å². The lowest BCUT2D eigenvalue weighted by atomic mass is 10.1. The van der Waals surface area contributed by atoms with Gasteiger partial charge in [0.15, 0.2) is 10.7 Å². The molecule has 0 saturated carbocycles. The first-order valence-electron chi connectivity index (χ1n) is 8.90. The van der Waals surface area contributed by atoms with Crippen LogP contribution in [0.4, 0.5) is 5.13 Å². The van der Waals surface area contributed by atoms with Crippen molar-refractivity contribution < 1.29 is 14.1 Å². The molecule has 0 fully saturated rings. The molecule has 6 nitrogen and oxygen atoms in total. The molecule has 2 heterocycles. The van der Waals surface area contributed by atoms with Gasteiger partial charge in [-0.3, -0.25) is 4.79 Å². The number of carbonyl (C=O) groups excluding carboxylic acids is 1. The van der Waals surface area contributed by atoms with Crippen LogP contribution in [-0.4, -0.2) is 29.8 Å². The Morgan fingerprint density at radius 1 is 1.18 bits per heavy atom. The van der Waals surface area contributed by atoms with Crippen LogP contribution in [-0.2, 0) is 22.4 Å². The highest BCUT2D eigenvalue weighted by Crippen LogP contribution is 2.26. The van der Waals surface area contributed by atoms with E-state index in [1.807, 2.05) is 41.8 Å². The van der Waals surface area contributed by atoms with Crippen LogP contribution < -0.4 is 5.32 Å². The Kier molecular flexibility index (Phi) is 5.45. The SMILES string of the molecule is COCCc1ccc(-c2csc(NC(=O)Cc3noc4ccccc34)n2)cc1. The molecule has 0 aliphatic heterocycles. The van der Waals surface area contributed by atoms with Gasteiger partial charge in [0.05, 0.1) is 18.7 Å². The Labute approximate surface area is 166 Å². The minimum absolute atomic E-state index is 0.139. The number of nitrogens with zero attached hydrogens (tertiary/aromatic N) is 2. The summed E-state index contributed by atoms with van der Waals surface area (Å²) < 4.78 is 10.3. The number of hydrogen-bond donors (Lipinski definition) is 1. The first-order chi connectivity index (χ1) is 13.7. The lowest BCUT2D eigenvalue weighted by Crippen LogP contribution is -2.14. The predicted molar refractivity (Wildman–Crippen MR) is 109 cm³/mol. The number of ether oxygens (including phenoxy) is 1. The van der Waals surface area contributed by atoms with Gasteiger partial charge < -0.3 is 14.6 Å². The van der Waals surface area contributed by atoms with Crippen molar-refractivity contribution in [2.45, 2.75) is 12.8 Å². The quantitative estimate of drug-likeness (QED) is 0.506. The molecule has 0 bridgehead atoms. The zero-order valence-electron chi connectivity index (χ0n) is 15.3. The minimum atomic E-state index is -0.171. The summed E-state index contributed by atoms with van der Waals surface area (Å²) in [5, 5.41) is 10.2. The van der Waals surface area contributed by atoms with E-state index in [-0.39, 0.29) is 12.3 Å². The number of anilines is 1. The maximum Gasteiger partial charge on any atom is 0.232 e. The van der Waals surface area contributed by atoms with Crippen molar-refractivity contribution in [1.29, 1.82) is 0 Å². The van der Waals surface area contributed by atoms with Crippen LogP contribution in [0.2, 0.25) is 0 Å². The first kappa shape index (κ1) is 18.3. The zero-order chi connectivity index (χ0) is 19.3. The van der Waals surface area contributed by atoms with Crippen molar-refractivity contribution in [3.8, 4) is 11.3 Å². The number of fused-ring (bicyclic) bond motifs is 1. The van der Waals surface area contributed by atoms with Gasteiger partial charge in [-0.25, -0.2) is 4.98 Å². The number of para-hydroxylation sites is 1. The number of rotatable bonds is 7. The van der Waals surface area contributed by atoms with E-state index in [9.17, 15) is 4.79 Å². The highest BCUT2D eigenvalue weighted by atomic mass is 32.1. The van der Waals surface area contributed by atoms with Crippen molar-refractivity contribution in [1.82, 2.24) is 10.1 Å². The maximum absolute atomic E-state index is 12.4. The van der Waals surface area contributed by atoms with Gasteiger partial charge in [0.25, 0.3) is 0 Å². The van der Waals surface area contributed by atoms with Crippen molar-refractivity contribution in [3.05, 3.63) is 65.2 Å². The summed E-state index contributed by atoms with van der Waals surface area (Å²) in [5.41, 5.74) is 4.37. The molecule has 0 radical (unpaired) electrons. The molecule has 2 aromatic heterocycles. The molecule has 4 aromatic rings. The van der Waals surface area contributed by atoms with Gasteiger partial charge in [-0.15, -0.1) is 11.3 Å². The fraction of sp³-hybridized carbons (Fsp3) is 0.190. The monoisotopic (exact) mass is 393 g/mol. The Morgan fingerprint density at radius 2 is 2.00 bits per heavy atom. The largest absolute Gasteiger partial charge is 0.384 e. The van der Waals surface area contributed by atoms with Gasteiger partial charge in [-0.05, 0) is 24.1 Å². The average molecular weight is 393 g/mol. The summed E-state index contributed by atoms with van der Waals surface area (Å²) in [6, 6.07) is 15.7. The molecular formula is C21H19N3O3S. The molecule has 7 heteroatoms. The van der Waals surface area contributed by atoms with E-state index < -0.39 is 0 Å². The minimum Gasteiger partial charge on any atom is -0.384 e. The number of thiazole rings is 1. The van der Waals surface area contributed by atoms with Crippen LogP contribution in [0.25, 0.3) is 22.2 Å². The third-order valence-electron chi connectivity index (χ3n) is 4.38. The lowest BCUT2D eigenvalue weighted by molar-refractivity contribution is -0.115. The zero-order valence-corrected chi connectivity index (χ0v) is 16.2. The molecule has 0 saturated heterocycles. The second kappa shape index (κ2) is 8.33. The average Bonchev–Trinajstić information content (AvgIpc) is 3.34. The molecule has 28 heavy (non-hydrogen) atoms. The standard InChI is InChI=1S/C21H19N3O3S/c1-26-11-10-14-6-8-15(9-7-14)18-13-28-21(22-18)23-20(25)12-17-16-4-2-3-5-19(16)27-24-17/h2-9,13H,10-12H2,1H3,(H,22,23,25). The van der Waals surface area contributed by atoms with Crippen LogP contribution >= 0.6 is 11.3 Å². The van der Waals surface area contributed by atoms with Crippen LogP contribution in [0, 0.1) is 0 Å². The molecule has 0 aliphatic rings. The second-order valence-electron chi connectivity index (χ2n) is 6.33. The van der Waals surface area contributed by atoms with E-state index in [1.165, 1.54) is 16.9 Å². The number of nitrogens with one attached hydrogen (secondary N) is 1. The van der Waals surface area contributed by atoms with Crippen molar-refractivity contribution in [2.75, 3.05) is 19.0 Å². The Hall–Kier alpha value is -3.03. The summed E-state index contributed by atoms with van der Waals surface area (Å²) in [6.45, 7) is 0.701. The van der Waals surface area contributed by atoms with Gasteiger partial charge in [-0.1, -0.05) is 41.6 Å². The third kappa shape index (κ3) is 4.11. The third-order valence-corrected chi connectivity index (χ3v) is 5.13. The van der Waals surface area contributed by atoms with E-state index in [0.717, 1.165) is 23.1 Å². The van der Waals surface area contributed by atoms with Crippen LogP contribution in [0.3, 0.4) is 0 Å². The van der Waals surface area contributed by atoms with Crippen molar-refractivity contribution in [3.63, 3.8) is 0 Å². The molecule has 0 spiro atoms. The van der Waals surface area contributed by atoms with E-state index >= 15 is 0 Å². The fourth-order valence-electron chi connectivity index (χ4n) is 2.91. The van der Waals surface area contributed by atoms with E-state index in [2.05, 4.69) is 27.6 Å². The second-order valence-corrected chi connectivity index (χ2v) is 7.19. The summed E-state index contributed by atoms with van der Waals surface area (Å²) >= 11 is 1.40. The van der Waals surface area contributed by atoms with Gasteiger partial charge in [0.2, 0.25) is 5.91 Å². The van der Waals surface area contributed by atoms with Gasteiger partial charge in [0.1, 0.15) is 5.69 Å². The van der Waals surface area contributed by atoms with Crippen molar-refractivity contribution in [2.24, 2.45) is 0 Å². The number of hydrogen-bond acceptors (Lipinski definition) is 6. The summed E-state index contributed by atoms with van der Waals surface area (Å²) in [5.74, 6) is -0.171. The summed E-state index contributed by atoms with van der Waals surface area (Å²) in [4.78, 5) is 16.9. The summed E-state index contributed by atoms with van der Waals surface area (Å²) in [7, 11) is 1.70. The topological polar surface area (TPSA) is 77.2 Å². The highest BCUT2D eigenvalue weighted by Gasteiger charge is 2.14. The number of carbonyl (C=O) groups is 1. The van der Waals surface area contributed by atoms with Crippen LogP contribution in [0.1, 0.15) is 11.3 Å². The van der Waals surface area contributed by atoms with Crippen LogP contribution in [0.15, 0.2) is 58.4 Å². The number of aromatic nitrogens is 2. The molecular weight excluding hydrogens is 374 g/mol. The molecule has 1 amide bonds. The van der Waals surface area contributed by atoms with Gasteiger partial charge in [0, 0.05) is 23.4 Å². The van der Waals surface area contributed by atoms with Crippen LogP contribution in [0.5, 0.6) is 0 Å². The summed E-state index contributed by atoms with van der Waals surface area (Å²) in [6.07, 6.45) is 1.02. The molecule has 2 aromatic carbocycles. The molecule has 0 atom stereocenters. The molecule has 1 N–H and O–H groups in total. The smallest absolute Gasteiger partial charge is 0.232 e. The first-order valence-corrected chi connectivity index (χ1v) is 9.78. The van der Waals surface area contributed by atoms with Crippen molar-refractivity contribution >= 4 is 33.3 Å². The lowest BCUT2D eigenvalue weighted by Gasteiger charge is -2.02.